The predicted octanol–water partition coefficient (Wildman–Crippen LogP) is 2.71. The summed E-state index contributed by atoms with van der Waals surface area (Å²) < 4.78 is 27.0. The number of carbonyl (C=O) groups is 1. The molecule has 3 aliphatic rings. The zero-order chi connectivity index (χ0) is 18.1. The Bertz CT molecular complexity index is 812. The fourth-order valence-electron chi connectivity index (χ4n) is 3.56. The van der Waals surface area contributed by atoms with E-state index in [1.165, 1.54) is 24.5 Å². The maximum absolute atomic E-state index is 13.7. The largest absolute Gasteiger partial charge is 0.336 e. The van der Waals surface area contributed by atoms with Crippen LogP contribution >= 0.6 is 12.4 Å². The monoisotopic (exact) mass is 395 g/mol. The number of nitrogens with zero attached hydrogens (tertiary/aromatic N) is 4. The highest BCUT2D eigenvalue weighted by Crippen LogP contribution is 2.24. The molecule has 0 aliphatic carbocycles. The number of piperidine rings is 1. The molecule has 9 heteroatoms. The van der Waals surface area contributed by atoms with E-state index in [2.05, 4.69) is 25.1 Å². The third-order valence-corrected chi connectivity index (χ3v) is 5.00. The first-order chi connectivity index (χ1) is 12.6. The summed E-state index contributed by atoms with van der Waals surface area (Å²) in [6.45, 7) is 4.09. The fraction of sp³-hybridized carbons (Fsp3) is 0.389. The molecule has 6 nitrogen and oxygen atoms in total. The Balaban J connectivity index is 0.00000210. The Hall–Kier alpha value is -2.32. The van der Waals surface area contributed by atoms with Gasteiger partial charge in [-0.3, -0.25) is 4.79 Å². The normalized spacial score (nSPS) is 21.3. The minimum absolute atomic E-state index is 0. The third-order valence-electron chi connectivity index (χ3n) is 5.00. The van der Waals surface area contributed by atoms with Crippen LogP contribution in [0.5, 0.6) is 0 Å². The number of amides is 1. The van der Waals surface area contributed by atoms with Crippen LogP contribution in [0.25, 0.3) is 0 Å². The van der Waals surface area contributed by atoms with Gasteiger partial charge in [-0.2, -0.15) is 0 Å². The average Bonchev–Trinajstić information content (AvgIpc) is 2.98. The molecule has 1 aromatic carbocycles. The Labute approximate surface area is 162 Å². The van der Waals surface area contributed by atoms with Crippen molar-refractivity contribution in [1.29, 1.82) is 0 Å². The van der Waals surface area contributed by atoms with E-state index in [4.69, 9.17) is 0 Å². The van der Waals surface area contributed by atoms with E-state index in [-0.39, 0.29) is 18.0 Å². The lowest BCUT2D eigenvalue weighted by Crippen LogP contribution is -2.38. The van der Waals surface area contributed by atoms with Crippen LogP contribution in [0.1, 0.15) is 23.2 Å². The van der Waals surface area contributed by atoms with Gasteiger partial charge in [0.25, 0.3) is 5.91 Å². The summed E-state index contributed by atoms with van der Waals surface area (Å²) in [5, 5.41) is 2.50. The number of aromatic nitrogens is 2. The second-order valence-electron chi connectivity index (χ2n) is 6.59. The summed E-state index contributed by atoms with van der Waals surface area (Å²) in [6, 6.07) is 3.93. The standard InChI is InChI=1S/C18H19F2N5O.ClH/c19-15-3-1-2-14(16(15)20)17(26)23-12-10-21-18(22-11-12)25-9-8-24-6-4-13(25)5-7-24;/h1-3,10-11,13H,4-9H2,(H,23,26);1H. The molecule has 144 valence electrons. The van der Waals surface area contributed by atoms with Crippen LogP contribution in [0.4, 0.5) is 20.4 Å². The number of fused-ring (bicyclic) bond motifs is 4. The lowest BCUT2D eigenvalue weighted by Gasteiger charge is -2.31. The molecule has 2 aromatic rings. The van der Waals surface area contributed by atoms with Crippen molar-refractivity contribution in [2.24, 2.45) is 0 Å². The van der Waals surface area contributed by atoms with E-state index < -0.39 is 17.5 Å². The van der Waals surface area contributed by atoms with Crippen LogP contribution in [0.15, 0.2) is 30.6 Å². The maximum Gasteiger partial charge on any atom is 0.258 e. The lowest BCUT2D eigenvalue weighted by atomic mass is 10.1. The van der Waals surface area contributed by atoms with Crippen molar-refractivity contribution < 1.29 is 13.6 Å². The van der Waals surface area contributed by atoms with E-state index >= 15 is 0 Å². The first kappa shape index (κ1) is 19.4. The van der Waals surface area contributed by atoms with Crippen molar-refractivity contribution >= 4 is 29.9 Å². The number of hydrogen-bond acceptors (Lipinski definition) is 5. The van der Waals surface area contributed by atoms with Crippen molar-refractivity contribution in [2.75, 3.05) is 36.4 Å². The molecule has 5 rings (SSSR count). The zero-order valence-corrected chi connectivity index (χ0v) is 15.4. The van der Waals surface area contributed by atoms with Crippen molar-refractivity contribution in [2.45, 2.75) is 18.9 Å². The third kappa shape index (κ3) is 4.01. The number of halogens is 3. The number of hydrogen-bond donors (Lipinski definition) is 1. The van der Waals surface area contributed by atoms with Gasteiger partial charge < -0.3 is 15.1 Å². The van der Waals surface area contributed by atoms with Gasteiger partial charge in [0, 0.05) is 32.2 Å². The number of nitrogens with one attached hydrogen (secondary N) is 1. The molecule has 1 aromatic heterocycles. The fourth-order valence-corrected chi connectivity index (χ4v) is 3.56. The second kappa shape index (κ2) is 8.14. The van der Waals surface area contributed by atoms with Crippen LogP contribution in [0.2, 0.25) is 0 Å². The number of rotatable bonds is 3. The summed E-state index contributed by atoms with van der Waals surface area (Å²) in [4.78, 5) is 25.5. The SMILES string of the molecule is Cl.O=C(Nc1cnc(N2CCN3CCC2CC3)nc1)c1cccc(F)c1F. The molecule has 3 fully saturated rings. The highest BCUT2D eigenvalue weighted by Gasteiger charge is 2.30. The van der Waals surface area contributed by atoms with Gasteiger partial charge in [-0.15, -0.1) is 12.4 Å². The van der Waals surface area contributed by atoms with Crippen LogP contribution in [-0.4, -0.2) is 53.0 Å². The van der Waals surface area contributed by atoms with E-state index in [1.54, 1.807) is 0 Å². The van der Waals surface area contributed by atoms with Crippen molar-refractivity contribution in [3.63, 3.8) is 0 Å². The molecule has 0 spiro atoms. The van der Waals surface area contributed by atoms with Crippen molar-refractivity contribution in [3.8, 4) is 0 Å². The molecule has 3 saturated heterocycles. The Morgan fingerprint density at radius 3 is 2.48 bits per heavy atom. The van der Waals surface area contributed by atoms with Gasteiger partial charge in [0.05, 0.1) is 23.6 Å². The molecular weight excluding hydrogens is 376 g/mol. The summed E-state index contributed by atoms with van der Waals surface area (Å²) in [5.74, 6) is -2.33. The van der Waals surface area contributed by atoms with E-state index in [0.717, 1.165) is 45.1 Å². The van der Waals surface area contributed by atoms with Gasteiger partial charge in [-0.1, -0.05) is 6.07 Å². The van der Waals surface area contributed by atoms with Gasteiger partial charge in [-0.05, 0) is 25.0 Å². The molecule has 0 unspecified atom stereocenters. The van der Waals surface area contributed by atoms with Gasteiger partial charge in [0.1, 0.15) is 0 Å². The number of benzene rings is 1. The molecule has 1 amide bonds. The minimum Gasteiger partial charge on any atom is -0.336 e. The lowest BCUT2D eigenvalue weighted by molar-refractivity contribution is 0.102. The van der Waals surface area contributed by atoms with Crippen LogP contribution < -0.4 is 10.2 Å². The first-order valence-corrected chi connectivity index (χ1v) is 8.68. The molecular formula is C18H20ClF2N5O. The molecule has 0 saturated carbocycles. The smallest absolute Gasteiger partial charge is 0.258 e. The zero-order valence-electron chi connectivity index (χ0n) is 14.6. The summed E-state index contributed by atoms with van der Waals surface area (Å²) >= 11 is 0. The first-order valence-electron chi connectivity index (χ1n) is 8.68. The predicted molar refractivity (Wildman–Crippen MR) is 100 cm³/mol. The van der Waals surface area contributed by atoms with E-state index in [9.17, 15) is 13.6 Å². The topological polar surface area (TPSA) is 61.4 Å². The average molecular weight is 396 g/mol. The second-order valence-corrected chi connectivity index (χ2v) is 6.59. The van der Waals surface area contributed by atoms with Crippen LogP contribution in [-0.2, 0) is 0 Å². The Kier molecular flexibility index (Phi) is 5.86. The molecule has 4 heterocycles. The van der Waals surface area contributed by atoms with Crippen molar-refractivity contribution in [3.05, 3.63) is 47.8 Å². The molecule has 0 atom stereocenters. The molecule has 0 radical (unpaired) electrons. The van der Waals surface area contributed by atoms with E-state index in [1.807, 2.05) is 0 Å². The molecule has 1 N–H and O–H groups in total. The number of carbonyl (C=O) groups excluding carboxylic acids is 1. The highest BCUT2D eigenvalue weighted by molar-refractivity contribution is 6.04. The van der Waals surface area contributed by atoms with Gasteiger partial charge in [-0.25, -0.2) is 18.7 Å². The molecule has 2 bridgehead atoms. The van der Waals surface area contributed by atoms with E-state index in [0.29, 0.717) is 17.7 Å². The minimum atomic E-state index is -1.17. The Morgan fingerprint density at radius 1 is 1.07 bits per heavy atom. The van der Waals surface area contributed by atoms with Crippen LogP contribution in [0, 0.1) is 11.6 Å². The highest BCUT2D eigenvalue weighted by atomic mass is 35.5. The molecule has 27 heavy (non-hydrogen) atoms. The van der Waals surface area contributed by atoms with Crippen molar-refractivity contribution in [1.82, 2.24) is 14.9 Å². The Morgan fingerprint density at radius 2 is 1.78 bits per heavy atom. The maximum atomic E-state index is 13.7. The van der Waals surface area contributed by atoms with Gasteiger partial charge in [0.2, 0.25) is 5.95 Å². The van der Waals surface area contributed by atoms with Crippen LogP contribution in [0.3, 0.4) is 0 Å². The van der Waals surface area contributed by atoms with Gasteiger partial charge in [0.15, 0.2) is 11.6 Å². The summed E-state index contributed by atoms with van der Waals surface area (Å²) in [6.07, 6.45) is 5.19. The number of anilines is 2. The molecule has 3 aliphatic heterocycles. The quantitative estimate of drug-likeness (QED) is 0.865. The summed E-state index contributed by atoms with van der Waals surface area (Å²) in [5.41, 5.74) is -0.0158. The van der Waals surface area contributed by atoms with Gasteiger partial charge >= 0.3 is 0 Å². The summed E-state index contributed by atoms with van der Waals surface area (Å²) in [7, 11) is 0.